The summed E-state index contributed by atoms with van der Waals surface area (Å²) in [4.78, 5) is 18.4. The zero-order valence-electron chi connectivity index (χ0n) is 13.6. The van der Waals surface area contributed by atoms with E-state index in [0.29, 0.717) is 30.5 Å². The Morgan fingerprint density at radius 1 is 1.46 bits per heavy atom. The van der Waals surface area contributed by atoms with Crippen LogP contribution in [0.4, 0.5) is 4.79 Å². The van der Waals surface area contributed by atoms with Gasteiger partial charge in [0.05, 0.1) is 25.7 Å². The summed E-state index contributed by atoms with van der Waals surface area (Å²) in [5, 5.41) is 7.66. The van der Waals surface area contributed by atoms with Gasteiger partial charge in [-0.25, -0.2) is 9.78 Å². The van der Waals surface area contributed by atoms with Gasteiger partial charge >= 0.3 is 6.03 Å². The number of aryl methyl sites for hydroxylation is 1. The van der Waals surface area contributed by atoms with E-state index < -0.39 is 0 Å². The minimum absolute atomic E-state index is 0.0135. The van der Waals surface area contributed by atoms with Crippen molar-refractivity contribution in [3.63, 3.8) is 0 Å². The number of nitrogens with one attached hydrogen (secondary N) is 1. The summed E-state index contributed by atoms with van der Waals surface area (Å²) in [5.74, 6) is 0.578. The summed E-state index contributed by atoms with van der Waals surface area (Å²) in [6.45, 7) is 3.17. The van der Waals surface area contributed by atoms with Gasteiger partial charge in [-0.1, -0.05) is 29.8 Å². The van der Waals surface area contributed by atoms with E-state index >= 15 is 0 Å². The first-order valence-corrected chi connectivity index (χ1v) is 8.17. The summed E-state index contributed by atoms with van der Waals surface area (Å²) in [5.41, 5.74) is 0.898. The van der Waals surface area contributed by atoms with Gasteiger partial charge in [-0.3, -0.25) is 4.68 Å². The Bertz CT molecular complexity index is 720. The van der Waals surface area contributed by atoms with Gasteiger partial charge < -0.3 is 15.0 Å². The third-order valence-corrected chi connectivity index (χ3v) is 4.34. The molecule has 0 saturated carbocycles. The zero-order valence-corrected chi connectivity index (χ0v) is 14.4. The lowest BCUT2D eigenvalue weighted by Crippen LogP contribution is -2.52. The predicted molar refractivity (Wildman–Crippen MR) is 89.6 cm³/mol. The average molecular weight is 350 g/mol. The molecule has 8 heteroatoms. The fourth-order valence-electron chi connectivity index (χ4n) is 2.69. The molecular weight excluding hydrogens is 330 g/mol. The van der Waals surface area contributed by atoms with Crippen LogP contribution < -0.4 is 5.32 Å². The fraction of sp³-hybridized carbons (Fsp3) is 0.438. The van der Waals surface area contributed by atoms with E-state index in [1.807, 2.05) is 31.2 Å². The Morgan fingerprint density at radius 3 is 2.96 bits per heavy atom. The second-order valence-corrected chi connectivity index (χ2v) is 6.25. The number of carbonyl (C=O) groups is 1. The van der Waals surface area contributed by atoms with Crippen molar-refractivity contribution in [2.24, 2.45) is 7.05 Å². The van der Waals surface area contributed by atoms with E-state index in [1.54, 1.807) is 23.0 Å². The quantitative estimate of drug-likeness (QED) is 0.921. The normalized spacial score (nSPS) is 20.9. The van der Waals surface area contributed by atoms with Gasteiger partial charge in [-0.15, -0.1) is 0 Å². The molecule has 2 aromatic rings. The molecule has 0 bridgehead atoms. The Kier molecular flexibility index (Phi) is 5.01. The van der Waals surface area contributed by atoms with Crippen LogP contribution in [0.5, 0.6) is 0 Å². The number of morpholine rings is 1. The second-order valence-electron chi connectivity index (χ2n) is 5.84. The lowest BCUT2D eigenvalue weighted by atomic mass is 10.1. The molecule has 2 amide bonds. The molecule has 0 aliphatic carbocycles. The van der Waals surface area contributed by atoms with E-state index in [1.165, 1.54) is 0 Å². The monoisotopic (exact) mass is 349 g/mol. The highest BCUT2D eigenvalue weighted by Crippen LogP contribution is 2.29. The van der Waals surface area contributed by atoms with Crippen LogP contribution in [0, 0.1) is 0 Å². The molecule has 7 nitrogen and oxygen atoms in total. The van der Waals surface area contributed by atoms with E-state index in [-0.39, 0.29) is 18.2 Å². The van der Waals surface area contributed by atoms with Crippen molar-refractivity contribution in [2.75, 3.05) is 13.2 Å². The first-order valence-electron chi connectivity index (χ1n) is 7.79. The number of hydrogen-bond donors (Lipinski definition) is 1. The lowest BCUT2D eigenvalue weighted by molar-refractivity contribution is -0.0427. The predicted octanol–water partition coefficient (Wildman–Crippen LogP) is 2.14. The van der Waals surface area contributed by atoms with Gasteiger partial charge in [0, 0.05) is 17.6 Å². The Labute approximate surface area is 145 Å². The molecule has 128 valence electrons. The number of aromatic nitrogens is 3. The molecule has 24 heavy (non-hydrogen) atoms. The standard InChI is InChI=1S/C16H20ClN5O2/c1-11-9-24-14(12-5-3-4-6-13(12)17)8-22(11)16(23)18-7-15-19-10-21(2)20-15/h3-6,10-11,14H,7-9H2,1-2H3,(H,18,23). The maximum absolute atomic E-state index is 12.5. The van der Waals surface area contributed by atoms with Crippen LogP contribution in [0.1, 0.15) is 24.4 Å². The SMILES string of the molecule is CC1COC(c2ccccc2Cl)CN1C(=O)NCc1ncn(C)n1. The van der Waals surface area contributed by atoms with Crippen molar-refractivity contribution in [2.45, 2.75) is 25.6 Å². The van der Waals surface area contributed by atoms with Gasteiger partial charge in [0.25, 0.3) is 0 Å². The Hall–Kier alpha value is -2.12. The zero-order chi connectivity index (χ0) is 17.1. The third kappa shape index (κ3) is 3.68. The number of ether oxygens (including phenoxy) is 1. The number of nitrogens with zero attached hydrogens (tertiary/aromatic N) is 4. The number of amides is 2. The molecule has 1 aliphatic rings. The van der Waals surface area contributed by atoms with E-state index in [9.17, 15) is 4.79 Å². The van der Waals surface area contributed by atoms with Crippen LogP contribution in [0.15, 0.2) is 30.6 Å². The topological polar surface area (TPSA) is 72.3 Å². The number of carbonyl (C=O) groups excluding carboxylic acids is 1. The number of urea groups is 1. The van der Waals surface area contributed by atoms with Gasteiger partial charge in [-0.05, 0) is 13.0 Å². The minimum atomic E-state index is -0.228. The molecule has 2 atom stereocenters. The van der Waals surface area contributed by atoms with Crippen LogP contribution >= 0.6 is 11.6 Å². The number of hydrogen-bond acceptors (Lipinski definition) is 4. The van der Waals surface area contributed by atoms with Crippen molar-refractivity contribution in [1.29, 1.82) is 0 Å². The fourth-order valence-corrected chi connectivity index (χ4v) is 2.94. The van der Waals surface area contributed by atoms with Gasteiger partial charge in [0.15, 0.2) is 5.82 Å². The number of halogens is 1. The molecule has 1 N–H and O–H groups in total. The number of benzene rings is 1. The molecule has 2 heterocycles. The average Bonchev–Trinajstić information content (AvgIpc) is 2.99. The summed E-state index contributed by atoms with van der Waals surface area (Å²) >= 11 is 6.25. The smallest absolute Gasteiger partial charge is 0.318 e. The Balaban J connectivity index is 1.65. The van der Waals surface area contributed by atoms with Crippen LogP contribution in [0.2, 0.25) is 5.02 Å². The maximum atomic E-state index is 12.5. The summed E-state index contributed by atoms with van der Waals surface area (Å²) in [7, 11) is 1.79. The van der Waals surface area contributed by atoms with Gasteiger partial charge in [0.1, 0.15) is 12.4 Å². The Morgan fingerprint density at radius 2 is 2.25 bits per heavy atom. The summed E-state index contributed by atoms with van der Waals surface area (Å²) in [6.07, 6.45) is 1.38. The van der Waals surface area contributed by atoms with Crippen molar-refractivity contribution >= 4 is 17.6 Å². The molecule has 1 aromatic carbocycles. The molecule has 0 radical (unpaired) electrons. The molecule has 1 aromatic heterocycles. The van der Waals surface area contributed by atoms with E-state index in [0.717, 1.165) is 5.56 Å². The van der Waals surface area contributed by atoms with E-state index in [2.05, 4.69) is 15.4 Å². The molecule has 1 saturated heterocycles. The van der Waals surface area contributed by atoms with Gasteiger partial charge in [-0.2, -0.15) is 5.10 Å². The van der Waals surface area contributed by atoms with Crippen molar-refractivity contribution < 1.29 is 9.53 Å². The second kappa shape index (κ2) is 7.19. The molecule has 1 aliphatic heterocycles. The van der Waals surface area contributed by atoms with Crippen LogP contribution in [-0.2, 0) is 18.3 Å². The maximum Gasteiger partial charge on any atom is 0.318 e. The highest BCUT2D eigenvalue weighted by atomic mass is 35.5. The number of rotatable bonds is 3. The third-order valence-electron chi connectivity index (χ3n) is 3.99. The minimum Gasteiger partial charge on any atom is -0.369 e. The van der Waals surface area contributed by atoms with Crippen molar-refractivity contribution in [3.05, 3.63) is 47.0 Å². The van der Waals surface area contributed by atoms with Crippen LogP contribution in [-0.4, -0.2) is 44.9 Å². The van der Waals surface area contributed by atoms with E-state index in [4.69, 9.17) is 16.3 Å². The lowest BCUT2D eigenvalue weighted by Gasteiger charge is -2.38. The molecular formula is C16H20ClN5O2. The summed E-state index contributed by atoms with van der Waals surface area (Å²) < 4.78 is 7.47. The van der Waals surface area contributed by atoms with Crippen molar-refractivity contribution in [3.8, 4) is 0 Å². The molecule has 1 fully saturated rings. The first kappa shape index (κ1) is 16.7. The van der Waals surface area contributed by atoms with Crippen molar-refractivity contribution in [1.82, 2.24) is 25.0 Å². The van der Waals surface area contributed by atoms with Gasteiger partial charge in [0.2, 0.25) is 0 Å². The highest BCUT2D eigenvalue weighted by Gasteiger charge is 2.31. The first-order chi connectivity index (χ1) is 11.5. The largest absolute Gasteiger partial charge is 0.369 e. The summed E-state index contributed by atoms with van der Waals surface area (Å²) in [6, 6.07) is 7.38. The molecule has 2 unspecified atom stereocenters. The van der Waals surface area contributed by atoms with Crippen LogP contribution in [0.3, 0.4) is 0 Å². The molecule has 0 spiro atoms. The molecule has 3 rings (SSSR count). The van der Waals surface area contributed by atoms with Crippen LogP contribution in [0.25, 0.3) is 0 Å². The highest BCUT2D eigenvalue weighted by molar-refractivity contribution is 6.31.